The van der Waals surface area contributed by atoms with Gasteiger partial charge in [0, 0.05) is 5.69 Å². The molecule has 3 rings (SSSR count). The maximum Gasteiger partial charge on any atom is 0.242 e. The summed E-state index contributed by atoms with van der Waals surface area (Å²) in [4.78, 5) is 11.9. The fourth-order valence-electron chi connectivity index (χ4n) is 2.63. The predicted octanol–water partition coefficient (Wildman–Crippen LogP) is 4.25. The molecule has 20 heavy (non-hydrogen) atoms. The molecule has 0 unspecified atom stereocenters. The van der Waals surface area contributed by atoms with Crippen LogP contribution >= 0.6 is 15.9 Å². The SMILES string of the molecule is O=C(Nc1ccc2c(c1)CCC2)[C@@H](Br)c1ccccc1. The van der Waals surface area contributed by atoms with Crippen molar-refractivity contribution in [2.24, 2.45) is 0 Å². The molecule has 0 bridgehead atoms. The van der Waals surface area contributed by atoms with Gasteiger partial charge in [0.1, 0.15) is 4.83 Å². The number of amides is 1. The first-order chi connectivity index (χ1) is 9.74. The van der Waals surface area contributed by atoms with Crippen molar-refractivity contribution in [3.8, 4) is 0 Å². The molecule has 2 aromatic rings. The lowest BCUT2D eigenvalue weighted by atomic mass is 10.1. The molecule has 1 aliphatic carbocycles. The molecule has 3 heteroatoms. The molecule has 0 saturated heterocycles. The Morgan fingerprint density at radius 3 is 2.60 bits per heavy atom. The summed E-state index contributed by atoms with van der Waals surface area (Å²) >= 11 is 3.46. The number of halogens is 1. The Balaban J connectivity index is 1.73. The summed E-state index contributed by atoms with van der Waals surface area (Å²) in [6.45, 7) is 0. The van der Waals surface area contributed by atoms with E-state index in [1.807, 2.05) is 36.4 Å². The van der Waals surface area contributed by atoms with Gasteiger partial charge in [-0.05, 0) is 48.1 Å². The lowest BCUT2D eigenvalue weighted by Gasteiger charge is -2.12. The predicted molar refractivity (Wildman–Crippen MR) is 85.2 cm³/mol. The third kappa shape index (κ3) is 2.78. The third-order valence-corrected chi connectivity index (χ3v) is 4.63. The van der Waals surface area contributed by atoms with Crippen molar-refractivity contribution in [3.63, 3.8) is 0 Å². The van der Waals surface area contributed by atoms with Crippen molar-refractivity contribution in [1.29, 1.82) is 0 Å². The van der Waals surface area contributed by atoms with Crippen molar-refractivity contribution in [1.82, 2.24) is 0 Å². The zero-order valence-electron chi connectivity index (χ0n) is 11.1. The number of carbonyl (C=O) groups is 1. The number of nitrogens with one attached hydrogen (secondary N) is 1. The van der Waals surface area contributed by atoms with E-state index in [2.05, 4.69) is 33.4 Å². The summed E-state index contributed by atoms with van der Waals surface area (Å²) in [5.74, 6) is -0.0332. The Hall–Kier alpha value is -1.61. The summed E-state index contributed by atoms with van der Waals surface area (Å²) in [6.07, 6.45) is 3.50. The van der Waals surface area contributed by atoms with Crippen LogP contribution in [-0.4, -0.2) is 5.91 Å². The average molecular weight is 330 g/mol. The van der Waals surface area contributed by atoms with Gasteiger partial charge in [-0.25, -0.2) is 0 Å². The summed E-state index contributed by atoms with van der Waals surface area (Å²) in [7, 11) is 0. The van der Waals surface area contributed by atoms with E-state index >= 15 is 0 Å². The minimum Gasteiger partial charge on any atom is -0.325 e. The topological polar surface area (TPSA) is 29.1 Å². The van der Waals surface area contributed by atoms with Gasteiger partial charge >= 0.3 is 0 Å². The van der Waals surface area contributed by atoms with Crippen LogP contribution in [0.15, 0.2) is 48.5 Å². The molecule has 0 aromatic heterocycles. The number of benzene rings is 2. The van der Waals surface area contributed by atoms with Crippen LogP contribution in [-0.2, 0) is 17.6 Å². The van der Waals surface area contributed by atoms with Crippen LogP contribution < -0.4 is 5.32 Å². The molecule has 102 valence electrons. The van der Waals surface area contributed by atoms with Gasteiger partial charge < -0.3 is 5.32 Å². The maximum atomic E-state index is 12.3. The highest BCUT2D eigenvalue weighted by Crippen LogP contribution is 2.27. The van der Waals surface area contributed by atoms with E-state index in [9.17, 15) is 4.79 Å². The quantitative estimate of drug-likeness (QED) is 0.838. The van der Waals surface area contributed by atoms with Crippen molar-refractivity contribution in [2.45, 2.75) is 24.1 Å². The number of aryl methyl sites for hydroxylation is 2. The second kappa shape index (κ2) is 5.80. The van der Waals surface area contributed by atoms with Crippen LogP contribution in [0.25, 0.3) is 0 Å². The van der Waals surface area contributed by atoms with E-state index in [1.165, 1.54) is 17.5 Å². The fourth-order valence-corrected chi connectivity index (χ4v) is 3.05. The molecule has 2 nitrogen and oxygen atoms in total. The maximum absolute atomic E-state index is 12.3. The van der Waals surface area contributed by atoms with Gasteiger partial charge in [-0.2, -0.15) is 0 Å². The molecule has 2 aromatic carbocycles. The van der Waals surface area contributed by atoms with Gasteiger partial charge in [0.15, 0.2) is 0 Å². The highest BCUT2D eigenvalue weighted by Gasteiger charge is 2.18. The number of carbonyl (C=O) groups excluding carboxylic acids is 1. The van der Waals surface area contributed by atoms with Gasteiger partial charge in [0.05, 0.1) is 0 Å². The van der Waals surface area contributed by atoms with Crippen LogP contribution in [0.3, 0.4) is 0 Å². The van der Waals surface area contributed by atoms with E-state index in [4.69, 9.17) is 0 Å². The van der Waals surface area contributed by atoms with E-state index in [0.717, 1.165) is 24.1 Å². The fraction of sp³-hybridized carbons (Fsp3) is 0.235. The Bertz CT molecular complexity index is 624. The van der Waals surface area contributed by atoms with E-state index < -0.39 is 0 Å². The zero-order valence-corrected chi connectivity index (χ0v) is 12.7. The number of hydrogen-bond acceptors (Lipinski definition) is 1. The molecule has 1 N–H and O–H groups in total. The third-order valence-electron chi connectivity index (χ3n) is 3.69. The molecule has 0 saturated carbocycles. The molecule has 0 radical (unpaired) electrons. The number of rotatable bonds is 3. The number of alkyl halides is 1. The smallest absolute Gasteiger partial charge is 0.242 e. The lowest BCUT2D eigenvalue weighted by Crippen LogP contribution is -2.17. The van der Waals surface area contributed by atoms with Crippen LogP contribution in [0.2, 0.25) is 0 Å². The molecule has 1 aliphatic rings. The summed E-state index contributed by atoms with van der Waals surface area (Å²) in [6, 6.07) is 15.9. The normalized spacial score (nSPS) is 14.7. The van der Waals surface area contributed by atoms with Gasteiger partial charge in [0.2, 0.25) is 5.91 Å². The van der Waals surface area contributed by atoms with Gasteiger partial charge in [-0.1, -0.05) is 52.3 Å². The Labute approximate surface area is 127 Å². The monoisotopic (exact) mass is 329 g/mol. The molecule has 0 heterocycles. The zero-order chi connectivity index (χ0) is 13.9. The van der Waals surface area contributed by atoms with Crippen LogP contribution in [0, 0.1) is 0 Å². The summed E-state index contributed by atoms with van der Waals surface area (Å²) in [5, 5.41) is 2.98. The Morgan fingerprint density at radius 2 is 1.80 bits per heavy atom. The second-order valence-electron chi connectivity index (χ2n) is 5.10. The number of fused-ring (bicyclic) bond motifs is 1. The lowest BCUT2D eigenvalue weighted by molar-refractivity contribution is -0.115. The molecular formula is C17H16BrNO. The number of hydrogen-bond donors (Lipinski definition) is 1. The average Bonchev–Trinajstić information content (AvgIpc) is 2.95. The molecular weight excluding hydrogens is 314 g/mol. The van der Waals surface area contributed by atoms with Crippen molar-refractivity contribution in [3.05, 3.63) is 65.2 Å². The van der Waals surface area contributed by atoms with Crippen molar-refractivity contribution in [2.75, 3.05) is 5.32 Å². The standard InChI is InChI=1S/C17H16BrNO/c18-16(13-5-2-1-3-6-13)17(20)19-15-10-9-12-7-4-8-14(12)11-15/h1-3,5-6,9-11,16H,4,7-8H2,(H,19,20)/t16-/m0/s1. The Morgan fingerprint density at radius 1 is 1.05 bits per heavy atom. The summed E-state index contributed by atoms with van der Waals surface area (Å²) in [5.41, 5.74) is 4.64. The molecule has 1 amide bonds. The molecule has 0 spiro atoms. The van der Waals surface area contributed by atoms with Crippen LogP contribution in [0.5, 0.6) is 0 Å². The number of anilines is 1. The first kappa shape index (κ1) is 13.4. The largest absolute Gasteiger partial charge is 0.325 e. The second-order valence-corrected chi connectivity index (χ2v) is 6.02. The highest BCUT2D eigenvalue weighted by molar-refractivity contribution is 9.09. The van der Waals surface area contributed by atoms with Crippen molar-refractivity contribution >= 4 is 27.5 Å². The molecule has 0 fully saturated rings. The van der Waals surface area contributed by atoms with E-state index in [0.29, 0.717) is 0 Å². The van der Waals surface area contributed by atoms with Gasteiger partial charge in [-0.3, -0.25) is 4.79 Å². The first-order valence-corrected chi connectivity index (χ1v) is 7.77. The van der Waals surface area contributed by atoms with E-state index in [1.54, 1.807) is 0 Å². The minimum absolute atomic E-state index is 0.0332. The van der Waals surface area contributed by atoms with E-state index in [-0.39, 0.29) is 10.7 Å². The van der Waals surface area contributed by atoms with Crippen molar-refractivity contribution < 1.29 is 4.79 Å². The first-order valence-electron chi connectivity index (χ1n) is 6.86. The molecule has 0 aliphatic heterocycles. The Kier molecular flexibility index (Phi) is 3.88. The van der Waals surface area contributed by atoms with Gasteiger partial charge in [0.25, 0.3) is 0 Å². The molecule has 1 atom stereocenters. The van der Waals surface area contributed by atoms with Crippen LogP contribution in [0.4, 0.5) is 5.69 Å². The van der Waals surface area contributed by atoms with Gasteiger partial charge in [-0.15, -0.1) is 0 Å². The highest BCUT2D eigenvalue weighted by atomic mass is 79.9. The van der Waals surface area contributed by atoms with Crippen LogP contribution in [0.1, 0.15) is 27.9 Å². The minimum atomic E-state index is -0.322. The summed E-state index contributed by atoms with van der Waals surface area (Å²) < 4.78 is 0.